The fourth-order valence-corrected chi connectivity index (χ4v) is 2.99. The minimum atomic E-state index is -1.25. The molecule has 10 heteroatoms. The van der Waals surface area contributed by atoms with Crippen LogP contribution in [0.4, 0.5) is 13.6 Å². The van der Waals surface area contributed by atoms with E-state index in [2.05, 4.69) is 31.2 Å². The number of carboxylic acid groups (broad SMARTS) is 1. The quantitative estimate of drug-likeness (QED) is 0.670. The number of nitrogens with zero attached hydrogens (tertiary/aromatic N) is 3. The lowest BCUT2D eigenvalue weighted by atomic mass is 10.2. The average molecular weight is 425 g/mol. The Balaban J connectivity index is 2.28. The highest BCUT2D eigenvalue weighted by Crippen LogP contribution is 2.23. The highest BCUT2D eigenvalue weighted by molar-refractivity contribution is 9.10. The molecule has 2 N–H and O–H groups in total. The van der Waals surface area contributed by atoms with Gasteiger partial charge in [0.25, 0.3) is 5.56 Å². The summed E-state index contributed by atoms with van der Waals surface area (Å²) < 4.78 is 29.2. The summed E-state index contributed by atoms with van der Waals surface area (Å²) in [4.78, 5) is 31.5. The summed E-state index contributed by atoms with van der Waals surface area (Å²) in [7, 11) is 0. The molecule has 3 rings (SSSR count). The summed E-state index contributed by atoms with van der Waals surface area (Å²) in [5.41, 5.74) is -0.680. The summed E-state index contributed by atoms with van der Waals surface area (Å²) in [5, 5.41) is 10.8. The van der Waals surface area contributed by atoms with Gasteiger partial charge in [-0.2, -0.15) is 0 Å². The lowest BCUT2D eigenvalue weighted by Gasteiger charge is -2.14. The van der Waals surface area contributed by atoms with Crippen molar-refractivity contribution in [2.45, 2.75) is 6.42 Å². The van der Waals surface area contributed by atoms with Gasteiger partial charge in [0.1, 0.15) is 23.0 Å². The maximum Gasteiger partial charge on any atom is 0.404 e. The SMILES string of the molecule is O=C(O)NCCc1nc2c(F)ccc(Br)c2c(=O)n1-c1cncc(F)c1. The van der Waals surface area contributed by atoms with Crippen molar-refractivity contribution in [1.29, 1.82) is 0 Å². The lowest BCUT2D eigenvalue weighted by molar-refractivity contribution is 0.194. The van der Waals surface area contributed by atoms with Crippen LogP contribution in [0.5, 0.6) is 0 Å². The monoisotopic (exact) mass is 424 g/mol. The summed E-state index contributed by atoms with van der Waals surface area (Å²) in [6, 6.07) is 3.62. The molecule has 3 aromatic rings. The molecule has 0 spiro atoms. The lowest BCUT2D eigenvalue weighted by Crippen LogP contribution is -2.29. The Hall–Kier alpha value is -2.88. The molecule has 2 heterocycles. The largest absolute Gasteiger partial charge is 0.465 e. The van der Waals surface area contributed by atoms with Gasteiger partial charge in [0, 0.05) is 23.5 Å². The smallest absolute Gasteiger partial charge is 0.404 e. The van der Waals surface area contributed by atoms with E-state index in [1.807, 2.05) is 0 Å². The Morgan fingerprint density at radius 2 is 2.08 bits per heavy atom. The molecule has 26 heavy (non-hydrogen) atoms. The van der Waals surface area contributed by atoms with Gasteiger partial charge in [-0.3, -0.25) is 14.3 Å². The first kappa shape index (κ1) is 17.9. The minimum absolute atomic E-state index is 0.01000. The zero-order chi connectivity index (χ0) is 18.8. The van der Waals surface area contributed by atoms with Crippen LogP contribution >= 0.6 is 15.9 Å². The Labute approximate surface area is 153 Å². The number of nitrogens with one attached hydrogen (secondary N) is 1. The molecule has 0 aliphatic heterocycles. The fraction of sp³-hybridized carbons (Fsp3) is 0.125. The summed E-state index contributed by atoms with van der Waals surface area (Å²) in [6.45, 7) is -0.0638. The predicted molar refractivity (Wildman–Crippen MR) is 92.5 cm³/mol. The van der Waals surface area contributed by atoms with E-state index in [9.17, 15) is 18.4 Å². The number of hydrogen-bond donors (Lipinski definition) is 2. The molecule has 134 valence electrons. The molecule has 0 radical (unpaired) electrons. The zero-order valence-corrected chi connectivity index (χ0v) is 14.6. The number of aromatic nitrogens is 3. The molecular weight excluding hydrogens is 414 g/mol. The van der Waals surface area contributed by atoms with Crippen molar-refractivity contribution in [3.05, 3.63) is 62.9 Å². The number of fused-ring (bicyclic) bond motifs is 1. The van der Waals surface area contributed by atoms with E-state index in [1.54, 1.807) is 0 Å². The summed E-state index contributed by atoms with van der Waals surface area (Å²) >= 11 is 3.20. The van der Waals surface area contributed by atoms with E-state index in [0.29, 0.717) is 4.47 Å². The topological polar surface area (TPSA) is 97.1 Å². The Kier molecular flexibility index (Phi) is 4.94. The van der Waals surface area contributed by atoms with Gasteiger partial charge in [0.15, 0.2) is 0 Å². The number of halogens is 3. The molecule has 2 aromatic heterocycles. The number of hydrogen-bond acceptors (Lipinski definition) is 4. The second-order valence-corrected chi connectivity index (χ2v) is 6.12. The normalized spacial score (nSPS) is 10.9. The minimum Gasteiger partial charge on any atom is -0.465 e. The molecule has 0 fully saturated rings. The number of benzene rings is 1. The van der Waals surface area contributed by atoms with E-state index in [4.69, 9.17) is 5.11 Å². The third kappa shape index (κ3) is 3.40. The molecule has 0 bridgehead atoms. The van der Waals surface area contributed by atoms with Gasteiger partial charge in [0.05, 0.1) is 23.5 Å². The highest BCUT2D eigenvalue weighted by atomic mass is 79.9. The van der Waals surface area contributed by atoms with E-state index >= 15 is 0 Å². The van der Waals surface area contributed by atoms with Crippen LogP contribution in [-0.4, -0.2) is 32.3 Å². The molecule has 0 aliphatic rings. The molecule has 0 saturated heterocycles. The number of amides is 1. The molecule has 0 unspecified atom stereocenters. The van der Waals surface area contributed by atoms with Crippen molar-refractivity contribution >= 4 is 32.9 Å². The highest BCUT2D eigenvalue weighted by Gasteiger charge is 2.18. The third-order valence-corrected chi connectivity index (χ3v) is 4.23. The van der Waals surface area contributed by atoms with Crippen molar-refractivity contribution in [2.24, 2.45) is 0 Å². The molecule has 0 atom stereocenters. The van der Waals surface area contributed by atoms with Gasteiger partial charge >= 0.3 is 6.09 Å². The molecule has 0 saturated carbocycles. The average Bonchev–Trinajstić information content (AvgIpc) is 2.57. The van der Waals surface area contributed by atoms with E-state index in [0.717, 1.165) is 22.9 Å². The Morgan fingerprint density at radius 3 is 2.77 bits per heavy atom. The number of rotatable bonds is 4. The van der Waals surface area contributed by atoms with Gasteiger partial charge < -0.3 is 10.4 Å². The first-order valence-electron chi connectivity index (χ1n) is 7.36. The van der Waals surface area contributed by atoms with Gasteiger partial charge in [0.2, 0.25) is 0 Å². The van der Waals surface area contributed by atoms with Gasteiger partial charge in [-0.1, -0.05) is 0 Å². The van der Waals surface area contributed by atoms with E-state index in [-0.39, 0.29) is 35.4 Å². The standard InChI is InChI=1S/C16H11BrF2N4O3/c17-10-1-2-11(19)14-13(10)15(24)23(9-5-8(18)6-20-7-9)12(22-14)3-4-21-16(25)26/h1-2,5-7,21H,3-4H2,(H,25,26). The van der Waals surface area contributed by atoms with Gasteiger partial charge in [-0.25, -0.2) is 18.6 Å². The predicted octanol–water partition coefficient (Wildman–Crippen LogP) is 2.63. The number of pyridine rings is 1. The van der Waals surface area contributed by atoms with Gasteiger partial charge in [-0.15, -0.1) is 0 Å². The van der Waals surface area contributed by atoms with Crippen LogP contribution in [0.2, 0.25) is 0 Å². The maximum atomic E-state index is 14.2. The van der Waals surface area contributed by atoms with Crippen LogP contribution in [0.1, 0.15) is 5.82 Å². The van der Waals surface area contributed by atoms with Gasteiger partial charge in [-0.05, 0) is 28.1 Å². The molecule has 1 aromatic carbocycles. The van der Waals surface area contributed by atoms with Crippen molar-refractivity contribution in [1.82, 2.24) is 19.9 Å². The summed E-state index contributed by atoms with van der Waals surface area (Å²) in [5.74, 6) is -1.29. The Morgan fingerprint density at radius 1 is 1.31 bits per heavy atom. The van der Waals surface area contributed by atoms with E-state index < -0.39 is 23.3 Å². The third-order valence-electron chi connectivity index (χ3n) is 3.57. The van der Waals surface area contributed by atoms with Crippen molar-refractivity contribution in [2.75, 3.05) is 6.54 Å². The molecule has 7 nitrogen and oxygen atoms in total. The van der Waals surface area contributed by atoms with Crippen LogP contribution in [0.25, 0.3) is 16.6 Å². The fourth-order valence-electron chi connectivity index (χ4n) is 2.50. The molecular formula is C16H11BrF2N4O3. The van der Waals surface area contributed by atoms with Crippen molar-refractivity contribution in [3.63, 3.8) is 0 Å². The zero-order valence-electron chi connectivity index (χ0n) is 13.0. The first-order chi connectivity index (χ1) is 12.4. The second-order valence-electron chi connectivity index (χ2n) is 5.26. The van der Waals surface area contributed by atoms with Crippen LogP contribution in [0, 0.1) is 11.6 Å². The van der Waals surface area contributed by atoms with Crippen molar-refractivity contribution < 1.29 is 18.7 Å². The van der Waals surface area contributed by atoms with Crippen LogP contribution in [-0.2, 0) is 6.42 Å². The van der Waals surface area contributed by atoms with Crippen LogP contribution < -0.4 is 10.9 Å². The van der Waals surface area contributed by atoms with E-state index in [1.165, 1.54) is 12.3 Å². The number of carbonyl (C=O) groups is 1. The maximum absolute atomic E-state index is 14.2. The molecule has 0 aliphatic carbocycles. The Bertz CT molecular complexity index is 1070. The summed E-state index contributed by atoms with van der Waals surface area (Å²) in [6.07, 6.45) is 0.977. The first-order valence-corrected chi connectivity index (χ1v) is 8.15. The van der Waals surface area contributed by atoms with Crippen LogP contribution in [0.15, 0.2) is 39.9 Å². The van der Waals surface area contributed by atoms with Crippen molar-refractivity contribution in [3.8, 4) is 5.69 Å². The van der Waals surface area contributed by atoms with Crippen LogP contribution in [0.3, 0.4) is 0 Å². The second kappa shape index (κ2) is 7.16. The molecule has 1 amide bonds.